The highest BCUT2D eigenvalue weighted by molar-refractivity contribution is 5.87. The van der Waals surface area contributed by atoms with Gasteiger partial charge in [-0.2, -0.15) is 0 Å². The van der Waals surface area contributed by atoms with Gasteiger partial charge in [-0.1, -0.05) is 6.07 Å². The fourth-order valence-corrected chi connectivity index (χ4v) is 2.11. The van der Waals surface area contributed by atoms with Crippen molar-refractivity contribution in [2.75, 3.05) is 19.8 Å². The molecule has 0 aliphatic rings. The average Bonchev–Trinajstić information content (AvgIpc) is 2.57. The van der Waals surface area contributed by atoms with E-state index in [1.165, 1.54) is 19.1 Å². The van der Waals surface area contributed by atoms with Gasteiger partial charge in [0.15, 0.2) is 17.3 Å². The van der Waals surface area contributed by atoms with Crippen LogP contribution >= 0.6 is 0 Å². The van der Waals surface area contributed by atoms with Crippen LogP contribution in [0.15, 0.2) is 30.0 Å². The van der Waals surface area contributed by atoms with Gasteiger partial charge < -0.3 is 24.3 Å². The second kappa shape index (κ2) is 11.6. The summed E-state index contributed by atoms with van der Waals surface area (Å²) in [4.78, 5) is 34.2. The zero-order chi connectivity index (χ0) is 20.2. The van der Waals surface area contributed by atoms with E-state index >= 15 is 0 Å². The monoisotopic (exact) mass is 379 g/mol. The van der Waals surface area contributed by atoms with Crippen LogP contribution in [0.5, 0.6) is 11.5 Å². The van der Waals surface area contributed by atoms with Crippen LogP contribution < -0.4 is 14.8 Å². The van der Waals surface area contributed by atoms with Crippen LogP contribution in [0.3, 0.4) is 0 Å². The summed E-state index contributed by atoms with van der Waals surface area (Å²) in [6, 6.07) is 4.83. The second-order valence-corrected chi connectivity index (χ2v) is 5.47. The summed E-state index contributed by atoms with van der Waals surface area (Å²) in [7, 11) is 0. The standard InChI is InChI=1S/C19H25NO7/c1-5-24-18(22)26-16-8-7-15(9-10-20-13(3)11-14(4)21)12-17(16)27-19(23)25-6-2/h7-8,11-12,20H,5-6,9-10H2,1-4H3. The topological polar surface area (TPSA) is 100 Å². The van der Waals surface area contributed by atoms with Crippen LogP contribution in [0.4, 0.5) is 9.59 Å². The normalized spacial score (nSPS) is 10.7. The van der Waals surface area contributed by atoms with Crippen molar-refractivity contribution in [1.82, 2.24) is 5.32 Å². The summed E-state index contributed by atoms with van der Waals surface area (Å²) in [6.45, 7) is 7.44. The Morgan fingerprint density at radius 3 is 2.11 bits per heavy atom. The zero-order valence-corrected chi connectivity index (χ0v) is 16.0. The van der Waals surface area contributed by atoms with E-state index in [0.29, 0.717) is 13.0 Å². The summed E-state index contributed by atoms with van der Waals surface area (Å²) in [5.41, 5.74) is 1.58. The van der Waals surface area contributed by atoms with Crippen LogP contribution in [0.25, 0.3) is 0 Å². The summed E-state index contributed by atoms with van der Waals surface area (Å²) in [5, 5.41) is 3.11. The van der Waals surface area contributed by atoms with Crippen LogP contribution in [0.2, 0.25) is 0 Å². The van der Waals surface area contributed by atoms with E-state index in [1.54, 1.807) is 32.9 Å². The molecule has 0 aliphatic carbocycles. The first-order valence-corrected chi connectivity index (χ1v) is 8.60. The second-order valence-electron chi connectivity index (χ2n) is 5.47. The maximum Gasteiger partial charge on any atom is 0.513 e. The summed E-state index contributed by atoms with van der Waals surface area (Å²) < 4.78 is 19.7. The number of hydrogen-bond donors (Lipinski definition) is 1. The van der Waals surface area contributed by atoms with E-state index in [2.05, 4.69) is 5.32 Å². The Morgan fingerprint density at radius 1 is 0.963 bits per heavy atom. The van der Waals surface area contributed by atoms with E-state index in [1.807, 2.05) is 0 Å². The van der Waals surface area contributed by atoms with Crippen molar-refractivity contribution < 1.29 is 33.3 Å². The Labute approximate surface area is 158 Å². The number of hydrogen-bond acceptors (Lipinski definition) is 8. The van der Waals surface area contributed by atoms with E-state index in [0.717, 1.165) is 11.3 Å². The van der Waals surface area contributed by atoms with Gasteiger partial charge >= 0.3 is 12.3 Å². The van der Waals surface area contributed by atoms with Crippen molar-refractivity contribution in [1.29, 1.82) is 0 Å². The molecule has 1 aromatic rings. The molecular weight excluding hydrogens is 354 g/mol. The van der Waals surface area contributed by atoms with Crippen molar-refractivity contribution in [3.05, 3.63) is 35.5 Å². The molecule has 0 bridgehead atoms. The number of ether oxygens (including phenoxy) is 4. The predicted molar refractivity (Wildman–Crippen MR) is 97.9 cm³/mol. The molecule has 0 spiro atoms. The fourth-order valence-electron chi connectivity index (χ4n) is 2.11. The molecule has 8 heteroatoms. The number of carbonyl (C=O) groups excluding carboxylic acids is 3. The molecule has 0 radical (unpaired) electrons. The molecule has 0 heterocycles. The van der Waals surface area contributed by atoms with Gasteiger partial charge in [0.25, 0.3) is 0 Å². The van der Waals surface area contributed by atoms with Gasteiger partial charge in [0.1, 0.15) is 0 Å². The molecule has 1 aromatic carbocycles. The van der Waals surface area contributed by atoms with E-state index < -0.39 is 12.3 Å². The van der Waals surface area contributed by atoms with Gasteiger partial charge in [-0.15, -0.1) is 0 Å². The lowest BCUT2D eigenvalue weighted by Gasteiger charge is -2.12. The maximum absolute atomic E-state index is 11.6. The number of rotatable bonds is 9. The van der Waals surface area contributed by atoms with Crippen molar-refractivity contribution >= 4 is 18.1 Å². The first-order chi connectivity index (χ1) is 12.8. The SMILES string of the molecule is CCOC(=O)Oc1ccc(CCNC(C)=CC(C)=O)cc1OC(=O)OCC. The maximum atomic E-state index is 11.6. The molecule has 0 aromatic heterocycles. The lowest BCUT2D eigenvalue weighted by Crippen LogP contribution is -2.16. The van der Waals surface area contributed by atoms with Gasteiger partial charge in [0, 0.05) is 12.2 Å². The molecule has 8 nitrogen and oxygen atoms in total. The fraction of sp³-hybridized carbons (Fsp3) is 0.421. The third-order valence-electron chi connectivity index (χ3n) is 3.16. The molecule has 0 unspecified atom stereocenters. The molecule has 0 saturated carbocycles. The van der Waals surface area contributed by atoms with E-state index in [9.17, 15) is 14.4 Å². The van der Waals surface area contributed by atoms with Gasteiger partial charge in [0.2, 0.25) is 0 Å². The van der Waals surface area contributed by atoms with Crippen molar-refractivity contribution in [3.8, 4) is 11.5 Å². The molecule has 148 valence electrons. The van der Waals surface area contributed by atoms with Crippen LogP contribution in [0, 0.1) is 0 Å². The average molecular weight is 379 g/mol. The van der Waals surface area contributed by atoms with Crippen LogP contribution in [-0.2, 0) is 20.7 Å². The summed E-state index contributed by atoms with van der Waals surface area (Å²) >= 11 is 0. The minimum Gasteiger partial charge on any atom is -0.434 e. The summed E-state index contributed by atoms with van der Waals surface area (Å²) in [5.74, 6) is 0.0615. The Balaban J connectivity index is 2.86. The Morgan fingerprint density at radius 2 is 1.56 bits per heavy atom. The van der Waals surface area contributed by atoms with Gasteiger partial charge in [-0.25, -0.2) is 9.59 Å². The Kier molecular flexibility index (Phi) is 9.42. The lowest BCUT2D eigenvalue weighted by atomic mass is 10.1. The highest BCUT2D eigenvalue weighted by atomic mass is 16.7. The smallest absolute Gasteiger partial charge is 0.434 e. The van der Waals surface area contributed by atoms with Gasteiger partial charge in [-0.3, -0.25) is 4.79 Å². The van der Waals surface area contributed by atoms with Crippen molar-refractivity contribution in [3.63, 3.8) is 0 Å². The largest absolute Gasteiger partial charge is 0.513 e. The molecular formula is C19H25NO7. The zero-order valence-electron chi connectivity index (χ0n) is 16.0. The molecule has 1 rings (SSSR count). The molecule has 0 atom stereocenters. The lowest BCUT2D eigenvalue weighted by molar-refractivity contribution is -0.112. The predicted octanol–water partition coefficient (Wildman–Crippen LogP) is 3.38. The van der Waals surface area contributed by atoms with Crippen LogP contribution in [-0.4, -0.2) is 37.9 Å². The molecule has 0 saturated heterocycles. The van der Waals surface area contributed by atoms with Crippen molar-refractivity contribution in [2.45, 2.75) is 34.1 Å². The molecule has 1 N–H and O–H groups in total. The van der Waals surface area contributed by atoms with Crippen LogP contribution in [0.1, 0.15) is 33.3 Å². The first kappa shape index (κ1) is 22.0. The molecule has 0 fully saturated rings. The van der Waals surface area contributed by atoms with Crippen molar-refractivity contribution in [2.24, 2.45) is 0 Å². The number of allylic oxidation sites excluding steroid dienone is 2. The number of ketones is 1. The quantitative estimate of drug-likeness (QED) is 0.396. The third kappa shape index (κ3) is 8.75. The minimum atomic E-state index is -0.901. The number of carbonyl (C=O) groups is 3. The number of nitrogens with one attached hydrogen (secondary N) is 1. The molecule has 0 aliphatic heterocycles. The Bertz CT molecular complexity index is 697. The minimum absolute atomic E-state index is 0.0365. The molecule has 0 amide bonds. The number of benzene rings is 1. The highest BCUT2D eigenvalue weighted by Gasteiger charge is 2.16. The van der Waals surface area contributed by atoms with Gasteiger partial charge in [-0.05, 0) is 57.9 Å². The third-order valence-corrected chi connectivity index (χ3v) is 3.16. The van der Waals surface area contributed by atoms with Gasteiger partial charge in [0.05, 0.1) is 13.2 Å². The highest BCUT2D eigenvalue weighted by Crippen LogP contribution is 2.29. The summed E-state index contributed by atoms with van der Waals surface area (Å²) in [6.07, 6.45) is 0.292. The Hall–Kier alpha value is -3.03. The van der Waals surface area contributed by atoms with E-state index in [4.69, 9.17) is 18.9 Å². The van der Waals surface area contributed by atoms with E-state index in [-0.39, 0.29) is 30.5 Å². The molecule has 27 heavy (non-hydrogen) atoms. The first-order valence-electron chi connectivity index (χ1n) is 8.60.